The molecule has 0 saturated carbocycles. The van der Waals surface area contributed by atoms with Crippen LogP contribution < -0.4 is 4.57 Å². The van der Waals surface area contributed by atoms with E-state index >= 15 is 0 Å². The minimum atomic E-state index is 0.631. The number of aromatic nitrogens is 2. The molecule has 3 heteroatoms. The van der Waals surface area contributed by atoms with Gasteiger partial charge < -0.3 is 4.74 Å². The van der Waals surface area contributed by atoms with Gasteiger partial charge in [-0.25, -0.2) is 9.13 Å². The van der Waals surface area contributed by atoms with Crippen LogP contribution in [0.2, 0.25) is 0 Å². The molecule has 0 atom stereocenters. The van der Waals surface area contributed by atoms with Crippen LogP contribution in [0, 0.1) is 6.92 Å². The van der Waals surface area contributed by atoms with Crippen LogP contribution in [0.3, 0.4) is 0 Å². The van der Waals surface area contributed by atoms with Gasteiger partial charge in [0.05, 0.1) is 6.61 Å². The van der Waals surface area contributed by atoms with Crippen LogP contribution in [0.25, 0.3) is 11.0 Å². The second-order valence-electron chi connectivity index (χ2n) is 6.52. The van der Waals surface area contributed by atoms with Gasteiger partial charge in [-0.2, -0.15) is 0 Å². The van der Waals surface area contributed by atoms with Gasteiger partial charge in [-0.1, -0.05) is 70.2 Å². The van der Waals surface area contributed by atoms with Crippen LogP contribution in [0.5, 0.6) is 0 Å². The van der Waals surface area contributed by atoms with Gasteiger partial charge in [0.2, 0.25) is 0 Å². The van der Waals surface area contributed by atoms with Gasteiger partial charge in [0, 0.05) is 6.92 Å². The largest absolute Gasteiger partial charge is 0.342 e. The monoisotopic (exact) mass is 329 g/mol. The third kappa shape index (κ3) is 4.94. The van der Waals surface area contributed by atoms with Crippen molar-refractivity contribution in [3.05, 3.63) is 42.7 Å². The van der Waals surface area contributed by atoms with Crippen molar-refractivity contribution in [2.45, 2.75) is 72.1 Å². The Kier molecular flexibility index (Phi) is 8.03. The first-order valence-corrected chi connectivity index (χ1v) is 9.46. The Morgan fingerprint density at radius 3 is 2.54 bits per heavy atom. The molecule has 0 aliphatic heterocycles. The molecule has 0 aliphatic rings. The SMILES string of the molecule is C=CCn1c(C)[n+](COCCCCCCCCC)c2ccccc21. The van der Waals surface area contributed by atoms with Crippen LogP contribution in [0.15, 0.2) is 36.9 Å². The maximum Gasteiger partial charge on any atom is 0.256 e. The molecule has 2 rings (SSSR count). The summed E-state index contributed by atoms with van der Waals surface area (Å²) in [5.74, 6) is 1.22. The lowest BCUT2D eigenvalue weighted by Crippen LogP contribution is -2.38. The summed E-state index contributed by atoms with van der Waals surface area (Å²) in [5, 5.41) is 0. The molecule has 2 aromatic rings. The fourth-order valence-electron chi connectivity index (χ4n) is 3.25. The third-order valence-corrected chi connectivity index (χ3v) is 4.67. The molecule has 0 fully saturated rings. The summed E-state index contributed by atoms with van der Waals surface area (Å²) in [6, 6.07) is 8.51. The van der Waals surface area contributed by atoms with Crippen LogP contribution in [0.4, 0.5) is 0 Å². The zero-order chi connectivity index (χ0) is 17.2. The summed E-state index contributed by atoms with van der Waals surface area (Å²) in [7, 11) is 0. The van der Waals surface area contributed by atoms with Crippen LogP contribution in [-0.2, 0) is 18.0 Å². The van der Waals surface area contributed by atoms with Gasteiger partial charge in [0.15, 0.2) is 17.8 Å². The number of para-hydroxylation sites is 2. The lowest BCUT2D eigenvalue weighted by atomic mass is 10.1. The molecule has 0 unspecified atom stereocenters. The molecule has 0 spiro atoms. The van der Waals surface area contributed by atoms with Crippen molar-refractivity contribution in [3.63, 3.8) is 0 Å². The number of fused-ring (bicyclic) bond motifs is 1. The first-order chi connectivity index (χ1) is 11.8. The molecule has 1 aromatic heterocycles. The highest BCUT2D eigenvalue weighted by Crippen LogP contribution is 2.14. The number of imidazole rings is 1. The maximum absolute atomic E-state index is 5.95. The second-order valence-corrected chi connectivity index (χ2v) is 6.52. The molecule has 0 N–H and O–H groups in total. The number of unbranched alkanes of at least 4 members (excludes halogenated alkanes) is 6. The Morgan fingerprint density at radius 2 is 1.79 bits per heavy atom. The summed E-state index contributed by atoms with van der Waals surface area (Å²) in [6.45, 7) is 10.6. The lowest BCUT2D eigenvalue weighted by molar-refractivity contribution is -0.715. The molecule has 24 heavy (non-hydrogen) atoms. The van der Waals surface area contributed by atoms with Crippen molar-refractivity contribution in [2.75, 3.05) is 6.61 Å². The summed E-state index contributed by atoms with van der Waals surface area (Å²) in [5.41, 5.74) is 2.48. The number of hydrogen-bond donors (Lipinski definition) is 0. The quantitative estimate of drug-likeness (QED) is 0.299. The van der Waals surface area contributed by atoms with E-state index in [1.54, 1.807) is 0 Å². The minimum Gasteiger partial charge on any atom is -0.342 e. The summed E-state index contributed by atoms with van der Waals surface area (Å²) in [4.78, 5) is 0. The number of ether oxygens (including phenoxy) is 1. The zero-order valence-corrected chi connectivity index (χ0v) is 15.5. The molecule has 0 saturated heterocycles. The van der Waals surface area contributed by atoms with Crippen molar-refractivity contribution in [1.29, 1.82) is 0 Å². The van der Waals surface area contributed by atoms with Gasteiger partial charge in [0.25, 0.3) is 5.82 Å². The van der Waals surface area contributed by atoms with E-state index in [-0.39, 0.29) is 0 Å². The Hall–Kier alpha value is -1.61. The van der Waals surface area contributed by atoms with E-state index in [0.717, 1.165) is 19.6 Å². The van der Waals surface area contributed by atoms with Crippen molar-refractivity contribution in [2.24, 2.45) is 0 Å². The average molecular weight is 330 g/mol. The number of allylic oxidation sites excluding steroid dienone is 1. The molecule has 132 valence electrons. The van der Waals surface area contributed by atoms with Gasteiger partial charge in [-0.3, -0.25) is 0 Å². The minimum absolute atomic E-state index is 0.631. The second kappa shape index (κ2) is 10.3. The molecule has 1 heterocycles. The van der Waals surface area contributed by atoms with Gasteiger partial charge >= 0.3 is 0 Å². The van der Waals surface area contributed by atoms with Crippen molar-refractivity contribution < 1.29 is 9.30 Å². The standard InChI is InChI=1S/C21H33N2O/c1-4-6-7-8-9-10-13-17-24-18-23-19(3)22(16-5-2)20-14-11-12-15-21(20)23/h5,11-12,14-15H,2,4,6-10,13,16-18H2,1,3H3/q+1. The normalized spacial score (nSPS) is 11.2. The highest BCUT2D eigenvalue weighted by molar-refractivity contribution is 5.72. The van der Waals surface area contributed by atoms with E-state index in [4.69, 9.17) is 4.74 Å². The highest BCUT2D eigenvalue weighted by atomic mass is 16.5. The maximum atomic E-state index is 5.95. The van der Waals surface area contributed by atoms with Gasteiger partial charge in [-0.05, 0) is 18.6 Å². The van der Waals surface area contributed by atoms with Crippen molar-refractivity contribution in [3.8, 4) is 0 Å². The smallest absolute Gasteiger partial charge is 0.256 e. The molecule has 1 aromatic carbocycles. The van der Waals surface area contributed by atoms with E-state index in [1.807, 2.05) is 6.08 Å². The fraction of sp³-hybridized carbons (Fsp3) is 0.571. The molecule has 0 radical (unpaired) electrons. The van der Waals surface area contributed by atoms with Crippen molar-refractivity contribution >= 4 is 11.0 Å². The first-order valence-electron chi connectivity index (χ1n) is 9.46. The third-order valence-electron chi connectivity index (χ3n) is 4.67. The molecular formula is C21H33N2O+. The highest BCUT2D eigenvalue weighted by Gasteiger charge is 2.19. The zero-order valence-electron chi connectivity index (χ0n) is 15.5. The summed E-state index contributed by atoms with van der Waals surface area (Å²) in [6.07, 6.45) is 11.2. The topological polar surface area (TPSA) is 18.0 Å². The van der Waals surface area contributed by atoms with Gasteiger partial charge in [0.1, 0.15) is 6.54 Å². The van der Waals surface area contributed by atoms with Gasteiger partial charge in [-0.15, -0.1) is 0 Å². The number of hydrogen-bond acceptors (Lipinski definition) is 1. The van der Waals surface area contributed by atoms with E-state index in [0.29, 0.717) is 6.73 Å². The van der Waals surface area contributed by atoms with E-state index in [1.165, 1.54) is 55.4 Å². The Balaban J connectivity index is 1.82. The number of rotatable bonds is 12. The lowest BCUT2D eigenvalue weighted by Gasteiger charge is -2.04. The summed E-state index contributed by atoms with van der Waals surface area (Å²) >= 11 is 0. The molecular weight excluding hydrogens is 296 g/mol. The van der Waals surface area contributed by atoms with Crippen LogP contribution in [-0.4, -0.2) is 11.2 Å². The predicted molar refractivity (Wildman–Crippen MR) is 101 cm³/mol. The Labute approximate surface area is 146 Å². The van der Waals surface area contributed by atoms with Crippen molar-refractivity contribution in [1.82, 2.24) is 4.57 Å². The van der Waals surface area contributed by atoms with E-state index in [2.05, 4.69) is 53.8 Å². The molecule has 0 aliphatic carbocycles. The predicted octanol–water partition coefficient (Wildman–Crippen LogP) is 5.15. The van der Waals surface area contributed by atoms with Crippen LogP contribution in [0.1, 0.15) is 57.7 Å². The number of nitrogens with zero attached hydrogens (tertiary/aromatic N) is 2. The summed E-state index contributed by atoms with van der Waals surface area (Å²) < 4.78 is 10.5. The number of benzene rings is 1. The molecule has 0 amide bonds. The Bertz CT molecular complexity index is 630. The van der Waals surface area contributed by atoms with Crippen LogP contribution >= 0.6 is 0 Å². The average Bonchev–Trinajstić information content (AvgIpc) is 2.86. The molecule has 3 nitrogen and oxygen atoms in total. The first kappa shape index (κ1) is 18.7. The van der Waals surface area contributed by atoms with E-state index in [9.17, 15) is 0 Å². The fourth-order valence-corrected chi connectivity index (χ4v) is 3.25. The Morgan fingerprint density at radius 1 is 1.08 bits per heavy atom. The molecule has 0 bridgehead atoms. The van der Waals surface area contributed by atoms with E-state index < -0.39 is 0 Å².